The topological polar surface area (TPSA) is 0 Å². The summed E-state index contributed by atoms with van der Waals surface area (Å²) in [7, 11) is 0. The smallest absolute Gasteiger partial charge is 1.00 e. The van der Waals surface area contributed by atoms with Crippen molar-refractivity contribution in [2.75, 3.05) is 0 Å². The first-order valence-corrected chi connectivity index (χ1v) is 0.816. The van der Waals surface area contributed by atoms with Gasteiger partial charge in [0.15, 0.2) is 0 Å². The Morgan fingerprint density at radius 1 is 1.60 bits per heavy atom. The molecule has 0 fully saturated rings. The van der Waals surface area contributed by atoms with E-state index in [1.54, 1.807) is 0 Å². The molecule has 0 unspecified atom stereocenters. The van der Waals surface area contributed by atoms with Crippen LogP contribution in [0.1, 0.15) is 0 Å². The molecule has 0 aromatic heterocycles. The molecule has 0 atom stereocenters. The summed E-state index contributed by atoms with van der Waals surface area (Å²) >= 11 is 0. The van der Waals surface area contributed by atoms with E-state index in [9.17, 15) is 0 Å². The molecule has 0 rings (SSSR count). The Morgan fingerprint density at radius 2 is 1.60 bits per heavy atom. The summed E-state index contributed by atoms with van der Waals surface area (Å²) in [4.78, 5) is 0. The second kappa shape index (κ2) is 20.2. The van der Waals surface area contributed by atoms with Crippen molar-refractivity contribution in [3.05, 3.63) is 19.6 Å². The van der Waals surface area contributed by atoms with E-state index in [1.807, 2.05) is 0 Å². The first kappa shape index (κ1) is 16.7. The van der Waals surface area contributed by atoms with Gasteiger partial charge in [-0.2, -0.15) is 0 Å². The molecule has 0 spiro atoms. The summed E-state index contributed by atoms with van der Waals surface area (Å²) in [5.41, 5.74) is 0. The SMILES string of the molecule is C=C[CH2-].[I-].[Zn+2]. The maximum Gasteiger partial charge on any atom is 2.00 e. The van der Waals surface area contributed by atoms with E-state index in [0.29, 0.717) is 0 Å². The average molecular weight is 233 g/mol. The fourth-order valence-electron chi connectivity index (χ4n) is 0. The second-order valence-corrected chi connectivity index (χ2v) is 0.289. The van der Waals surface area contributed by atoms with Crippen molar-refractivity contribution in [2.45, 2.75) is 0 Å². The number of rotatable bonds is 0. The summed E-state index contributed by atoms with van der Waals surface area (Å²) < 4.78 is 0. The molecule has 5 heavy (non-hydrogen) atoms. The molecular weight excluding hydrogens is 228 g/mol. The molecule has 0 aromatic rings. The van der Waals surface area contributed by atoms with Gasteiger partial charge in [-0.05, 0) is 0 Å². The van der Waals surface area contributed by atoms with Crippen LogP contribution in [0.4, 0.5) is 0 Å². The number of hydrogen-bond acceptors (Lipinski definition) is 0. The number of allylic oxidation sites excluding steroid dienone is 1. The van der Waals surface area contributed by atoms with Crippen LogP contribution in [-0.4, -0.2) is 0 Å². The number of halogens is 1. The van der Waals surface area contributed by atoms with Gasteiger partial charge < -0.3 is 24.0 Å². The van der Waals surface area contributed by atoms with Crippen molar-refractivity contribution in [3.63, 3.8) is 0 Å². The molecule has 0 heterocycles. The predicted octanol–water partition coefficient (Wildman–Crippen LogP) is -1.99. The summed E-state index contributed by atoms with van der Waals surface area (Å²) in [5.74, 6) is 0. The minimum Gasteiger partial charge on any atom is -1.00 e. The molecule has 2 heteroatoms. The van der Waals surface area contributed by atoms with E-state index in [4.69, 9.17) is 0 Å². The quantitative estimate of drug-likeness (QED) is 0.258. The normalized spacial score (nSPS) is 2.40. The fraction of sp³-hybridized carbons (Fsp3) is 0. The molecular formula is C3H5IZn. The third-order valence-electron chi connectivity index (χ3n) is 0. The molecule has 0 amide bonds. The number of hydrogen-bond donors (Lipinski definition) is 0. The Hall–Kier alpha value is 0.963. The van der Waals surface area contributed by atoms with Crippen molar-refractivity contribution < 1.29 is 43.5 Å². The van der Waals surface area contributed by atoms with Gasteiger partial charge in [-0.15, -0.1) is 0 Å². The fourth-order valence-corrected chi connectivity index (χ4v) is 0. The molecule has 0 aliphatic heterocycles. The molecule has 0 bridgehead atoms. The van der Waals surface area contributed by atoms with Crippen LogP contribution in [0.15, 0.2) is 12.7 Å². The van der Waals surface area contributed by atoms with E-state index >= 15 is 0 Å². The molecule has 0 aliphatic rings. The van der Waals surface area contributed by atoms with E-state index < -0.39 is 0 Å². The van der Waals surface area contributed by atoms with Crippen molar-refractivity contribution in [3.8, 4) is 0 Å². The molecule has 0 saturated heterocycles. The third-order valence-corrected chi connectivity index (χ3v) is 0. The van der Waals surface area contributed by atoms with Crippen molar-refractivity contribution in [2.24, 2.45) is 0 Å². The molecule has 0 N–H and O–H groups in total. The first-order chi connectivity index (χ1) is 1.41. The van der Waals surface area contributed by atoms with E-state index in [2.05, 4.69) is 13.5 Å². The van der Waals surface area contributed by atoms with Crippen molar-refractivity contribution >= 4 is 0 Å². The summed E-state index contributed by atoms with van der Waals surface area (Å²) in [6.07, 6.45) is 1.50. The Bertz CT molecular complexity index is 14.4. The van der Waals surface area contributed by atoms with Crippen LogP contribution in [0, 0.1) is 6.92 Å². The standard InChI is InChI=1S/C3H5.HI.Zn/c1-3-2;;/h3H,1-2H2;1H;/q-1;;+2/p-1. The first-order valence-electron chi connectivity index (χ1n) is 0.816. The predicted molar refractivity (Wildman–Crippen MR) is 15.6 cm³/mol. The molecule has 0 nitrogen and oxygen atoms in total. The van der Waals surface area contributed by atoms with Gasteiger partial charge >= 0.3 is 19.5 Å². The van der Waals surface area contributed by atoms with Crippen LogP contribution in [-0.2, 0) is 19.5 Å². The van der Waals surface area contributed by atoms with Gasteiger partial charge in [0.1, 0.15) is 0 Å². The summed E-state index contributed by atoms with van der Waals surface area (Å²) in [6.45, 7) is 6.50. The summed E-state index contributed by atoms with van der Waals surface area (Å²) in [6, 6.07) is 0. The zero-order chi connectivity index (χ0) is 2.71. The molecule has 0 aliphatic carbocycles. The average Bonchev–Trinajstić information content (AvgIpc) is 0.918. The van der Waals surface area contributed by atoms with Crippen molar-refractivity contribution in [1.82, 2.24) is 0 Å². The Morgan fingerprint density at radius 3 is 1.60 bits per heavy atom. The van der Waals surface area contributed by atoms with Gasteiger partial charge in [-0.3, -0.25) is 0 Å². The van der Waals surface area contributed by atoms with Crippen LogP contribution in [0.2, 0.25) is 0 Å². The summed E-state index contributed by atoms with van der Waals surface area (Å²) in [5, 5.41) is 0. The van der Waals surface area contributed by atoms with Crippen molar-refractivity contribution in [1.29, 1.82) is 0 Å². The van der Waals surface area contributed by atoms with Crippen LogP contribution in [0.25, 0.3) is 0 Å². The van der Waals surface area contributed by atoms with E-state index in [-0.39, 0.29) is 43.5 Å². The van der Waals surface area contributed by atoms with Gasteiger partial charge in [0.25, 0.3) is 0 Å². The van der Waals surface area contributed by atoms with Gasteiger partial charge in [-0.25, -0.2) is 19.6 Å². The molecule has 0 radical (unpaired) electrons. The zero-order valence-corrected chi connectivity index (χ0v) is 8.20. The monoisotopic (exact) mass is 232 g/mol. The van der Waals surface area contributed by atoms with Gasteiger partial charge in [0.2, 0.25) is 0 Å². The van der Waals surface area contributed by atoms with Gasteiger partial charge in [0, 0.05) is 0 Å². The Kier molecular flexibility index (Phi) is 67.7. The van der Waals surface area contributed by atoms with Crippen LogP contribution < -0.4 is 24.0 Å². The maximum absolute atomic E-state index is 3.25. The van der Waals surface area contributed by atoms with E-state index in [1.165, 1.54) is 6.08 Å². The minimum atomic E-state index is 0. The molecule has 0 saturated carbocycles. The van der Waals surface area contributed by atoms with Crippen LogP contribution in [0.5, 0.6) is 0 Å². The van der Waals surface area contributed by atoms with Gasteiger partial charge in [0.05, 0.1) is 0 Å². The second-order valence-electron chi connectivity index (χ2n) is 0.289. The van der Waals surface area contributed by atoms with Gasteiger partial charge in [-0.1, -0.05) is 0 Å². The largest absolute Gasteiger partial charge is 2.00 e. The van der Waals surface area contributed by atoms with E-state index in [0.717, 1.165) is 0 Å². The van der Waals surface area contributed by atoms with Crippen LogP contribution >= 0.6 is 0 Å². The Balaban J connectivity index is -0.0000000200. The Labute approximate surface area is 62.8 Å². The molecule has 0 aromatic carbocycles. The molecule has 26 valence electrons. The zero-order valence-electron chi connectivity index (χ0n) is 3.08. The maximum atomic E-state index is 3.25. The minimum absolute atomic E-state index is 0. The van der Waals surface area contributed by atoms with Crippen LogP contribution in [0.3, 0.4) is 0 Å². The third kappa shape index (κ3) is 47.0.